The lowest BCUT2D eigenvalue weighted by atomic mass is 9.92. The second kappa shape index (κ2) is 7.64. The number of amides is 1. The van der Waals surface area contributed by atoms with Crippen molar-refractivity contribution in [2.75, 3.05) is 6.54 Å². The molecular weight excluding hydrogens is 302 g/mol. The SMILES string of the molecule is CCn1nc(C(C)C)cc1C(=O)NC[C@@H](c1ccnn1C)C(C)C. The Bertz CT molecular complexity index is 683. The lowest BCUT2D eigenvalue weighted by molar-refractivity contribution is 0.0938. The van der Waals surface area contributed by atoms with E-state index in [-0.39, 0.29) is 11.8 Å². The van der Waals surface area contributed by atoms with Crippen LogP contribution >= 0.6 is 0 Å². The van der Waals surface area contributed by atoms with Gasteiger partial charge in [0.1, 0.15) is 5.69 Å². The van der Waals surface area contributed by atoms with E-state index < -0.39 is 0 Å². The summed E-state index contributed by atoms with van der Waals surface area (Å²) in [7, 11) is 1.94. The summed E-state index contributed by atoms with van der Waals surface area (Å²) < 4.78 is 3.66. The normalized spacial score (nSPS) is 12.8. The molecule has 0 bridgehead atoms. The summed E-state index contributed by atoms with van der Waals surface area (Å²) in [5.74, 6) is 0.873. The molecule has 0 aliphatic carbocycles. The molecule has 6 nitrogen and oxygen atoms in total. The molecule has 2 heterocycles. The van der Waals surface area contributed by atoms with Crippen LogP contribution in [0.25, 0.3) is 0 Å². The highest BCUT2D eigenvalue weighted by atomic mass is 16.2. The number of hydrogen-bond acceptors (Lipinski definition) is 3. The van der Waals surface area contributed by atoms with Crippen molar-refractivity contribution >= 4 is 5.91 Å². The zero-order valence-electron chi connectivity index (χ0n) is 15.6. The largest absolute Gasteiger partial charge is 0.350 e. The summed E-state index contributed by atoms with van der Waals surface area (Å²) in [6.45, 7) is 11.8. The molecule has 1 N–H and O–H groups in total. The quantitative estimate of drug-likeness (QED) is 0.848. The van der Waals surface area contributed by atoms with Crippen molar-refractivity contribution in [3.8, 4) is 0 Å². The molecule has 24 heavy (non-hydrogen) atoms. The molecule has 6 heteroatoms. The van der Waals surface area contributed by atoms with E-state index in [1.54, 1.807) is 10.9 Å². The number of nitrogens with one attached hydrogen (secondary N) is 1. The van der Waals surface area contributed by atoms with Crippen molar-refractivity contribution in [1.82, 2.24) is 24.9 Å². The van der Waals surface area contributed by atoms with Crippen LogP contribution in [0.5, 0.6) is 0 Å². The molecule has 132 valence electrons. The van der Waals surface area contributed by atoms with Crippen molar-refractivity contribution in [2.45, 2.75) is 53.0 Å². The summed E-state index contributed by atoms with van der Waals surface area (Å²) in [5, 5.41) is 11.8. The van der Waals surface area contributed by atoms with Crippen LogP contribution in [-0.2, 0) is 13.6 Å². The van der Waals surface area contributed by atoms with Gasteiger partial charge in [0, 0.05) is 37.9 Å². The fraction of sp³-hybridized carbons (Fsp3) is 0.611. The Hall–Kier alpha value is -2.11. The molecule has 1 atom stereocenters. The molecule has 0 aliphatic heterocycles. The highest BCUT2D eigenvalue weighted by molar-refractivity contribution is 5.92. The van der Waals surface area contributed by atoms with Crippen molar-refractivity contribution in [1.29, 1.82) is 0 Å². The first-order valence-electron chi connectivity index (χ1n) is 8.68. The second-order valence-corrected chi connectivity index (χ2v) is 6.87. The van der Waals surface area contributed by atoms with Gasteiger partial charge in [-0.3, -0.25) is 14.2 Å². The predicted octanol–water partition coefficient (Wildman–Crippen LogP) is 2.93. The number of hydrogen-bond donors (Lipinski definition) is 1. The van der Waals surface area contributed by atoms with E-state index in [1.165, 1.54) is 0 Å². The van der Waals surface area contributed by atoms with Crippen molar-refractivity contribution in [3.63, 3.8) is 0 Å². The van der Waals surface area contributed by atoms with Gasteiger partial charge in [0.15, 0.2) is 0 Å². The van der Waals surface area contributed by atoms with Crippen LogP contribution in [0.4, 0.5) is 0 Å². The van der Waals surface area contributed by atoms with Gasteiger partial charge in [0.25, 0.3) is 5.91 Å². The van der Waals surface area contributed by atoms with Crippen molar-refractivity contribution < 1.29 is 4.79 Å². The Balaban J connectivity index is 2.13. The lowest BCUT2D eigenvalue weighted by Gasteiger charge is -2.21. The van der Waals surface area contributed by atoms with Crippen LogP contribution in [0.2, 0.25) is 0 Å². The van der Waals surface area contributed by atoms with Gasteiger partial charge >= 0.3 is 0 Å². The number of aromatic nitrogens is 4. The highest BCUT2D eigenvalue weighted by Crippen LogP contribution is 2.23. The zero-order valence-corrected chi connectivity index (χ0v) is 15.6. The Morgan fingerprint density at radius 2 is 2.00 bits per heavy atom. The smallest absolute Gasteiger partial charge is 0.269 e. The van der Waals surface area contributed by atoms with Crippen LogP contribution in [0.3, 0.4) is 0 Å². The van der Waals surface area contributed by atoms with Gasteiger partial charge in [0.2, 0.25) is 0 Å². The summed E-state index contributed by atoms with van der Waals surface area (Å²) >= 11 is 0. The Morgan fingerprint density at radius 1 is 1.29 bits per heavy atom. The molecule has 1 amide bonds. The van der Waals surface area contributed by atoms with Crippen LogP contribution in [0, 0.1) is 5.92 Å². The first-order chi connectivity index (χ1) is 11.3. The highest BCUT2D eigenvalue weighted by Gasteiger charge is 2.22. The summed E-state index contributed by atoms with van der Waals surface area (Å²) in [6, 6.07) is 3.92. The maximum atomic E-state index is 12.6. The second-order valence-electron chi connectivity index (χ2n) is 6.87. The van der Waals surface area contributed by atoms with E-state index in [0.29, 0.717) is 30.6 Å². The van der Waals surface area contributed by atoms with Crippen LogP contribution in [-0.4, -0.2) is 32.0 Å². The van der Waals surface area contributed by atoms with Gasteiger partial charge in [-0.25, -0.2) is 0 Å². The molecule has 0 radical (unpaired) electrons. The van der Waals surface area contributed by atoms with Gasteiger partial charge in [-0.2, -0.15) is 10.2 Å². The minimum Gasteiger partial charge on any atom is -0.350 e. The molecule has 0 fully saturated rings. The van der Waals surface area contributed by atoms with Crippen LogP contribution in [0.15, 0.2) is 18.3 Å². The number of carbonyl (C=O) groups is 1. The molecule has 0 unspecified atom stereocenters. The van der Waals surface area contributed by atoms with Crippen LogP contribution in [0.1, 0.15) is 68.3 Å². The Kier molecular flexibility index (Phi) is 5.80. The predicted molar refractivity (Wildman–Crippen MR) is 95.1 cm³/mol. The molecule has 2 rings (SSSR count). The minimum atomic E-state index is -0.0657. The first kappa shape index (κ1) is 18.2. The summed E-state index contributed by atoms with van der Waals surface area (Å²) in [5.41, 5.74) is 2.72. The third kappa shape index (κ3) is 3.86. The molecule has 2 aromatic rings. The monoisotopic (exact) mass is 331 g/mol. The van der Waals surface area contributed by atoms with Gasteiger partial charge in [-0.15, -0.1) is 0 Å². The van der Waals surface area contributed by atoms with E-state index in [0.717, 1.165) is 11.4 Å². The lowest BCUT2D eigenvalue weighted by Crippen LogP contribution is -2.32. The molecule has 2 aromatic heterocycles. The molecule has 0 saturated carbocycles. The van der Waals surface area contributed by atoms with E-state index in [1.807, 2.05) is 30.8 Å². The van der Waals surface area contributed by atoms with E-state index >= 15 is 0 Å². The number of nitrogens with zero attached hydrogens (tertiary/aromatic N) is 4. The van der Waals surface area contributed by atoms with Gasteiger partial charge in [0.05, 0.1) is 5.69 Å². The molecule has 0 aromatic carbocycles. The average Bonchev–Trinajstić information content (AvgIpc) is 3.13. The molecule has 0 spiro atoms. The third-order valence-electron chi connectivity index (χ3n) is 4.45. The number of carbonyl (C=O) groups excluding carboxylic acids is 1. The molecule has 0 aliphatic rings. The third-order valence-corrected chi connectivity index (χ3v) is 4.45. The summed E-state index contributed by atoms with van der Waals surface area (Å²) in [6.07, 6.45) is 1.80. The number of rotatable bonds is 7. The Labute approximate surface area is 144 Å². The van der Waals surface area contributed by atoms with E-state index in [9.17, 15) is 4.79 Å². The van der Waals surface area contributed by atoms with Crippen LogP contribution < -0.4 is 5.32 Å². The minimum absolute atomic E-state index is 0.0657. The fourth-order valence-electron chi connectivity index (χ4n) is 2.87. The van der Waals surface area contributed by atoms with Gasteiger partial charge < -0.3 is 5.32 Å². The fourth-order valence-corrected chi connectivity index (χ4v) is 2.87. The Morgan fingerprint density at radius 3 is 2.50 bits per heavy atom. The van der Waals surface area contributed by atoms with Crippen molar-refractivity contribution in [3.05, 3.63) is 35.4 Å². The summed E-state index contributed by atoms with van der Waals surface area (Å²) in [4.78, 5) is 12.6. The topological polar surface area (TPSA) is 64.7 Å². The molecule has 0 saturated heterocycles. The maximum absolute atomic E-state index is 12.6. The average molecular weight is 331 g/mol. The van der Waals surface area contributed by atoms with E-state index in [2.05, 4.69) is 43.2 Å². The molecular formula is C18H29N5O. The van der Waals surface area contributed by atoms with Gasteiger partial charge in [-0.05, 0) is 30.9 Å². The number of aryl methyl sites for hydroxylation is 2. The zero-order chi connectivity index (χ0) is 17.9. The van der Waals surface area contributed by atoms with Crippen molar-refractivity contribution in [2.24, 2.45) is 13.0 Å². The first-order valence-corrected chi connectivity index (χ1v) is 8.68. The van der Waals surface area contributed by atoms with E-state index in [4.69, 9.17) is 0 Å². The maximum Gasteiger partial charge on any atom is 0.269 e. The van der Waals surface area contributed by atoms with Gasteiger partial charge in [-0.1, -0.05) is 27.7 Å². The standard InChI is InChI=1S/C18H29N5O/c1-7-23-17(10-15(21-23)13(4)5)18(24)19-11-14(12(2)3)16-8-9-20-22(16)6/h8-10,12-14H,7,11H2,1-6H3,(H,19,24)/t14-/m1/s1.